The van der Waals surface area contributed by atoms with Crippen molar-refractivity contribution in [2.75, 3.05) is 69.0 Å². The van der Waals surface area contributed by atoms with E-state index in [4.69, 9.17) is 4.74 Å². The van der Waals surface area contributed by atoms with Crippen molar-refractivity contribution in [3.05, 3.63) is 65.6 Å². The molecule has 0 spiro atoms. The first kappa shape index (κ1) is 38.4. The number of ether oxygens (including phenoxy) is 1. The molecule has 0 saturated carbocycles. The number of hydrogen-bond acceptors (Lipinski definition) is 14. The summed E-state index contributed by atoms with van der Waals surface area (Å²) in [4.78, 5) is 73.3. The number of likely N-dealkylation sites (tertiary alicyclic amines) is 1. The molecule has 2 aromatic heterocycles. The van der Waals surface area contributed by atoms with E-state index in [1.54, 1.807) is 50.4 Å². The molecular weight excluding hydrogens is 745 g/mol. The third-order valence-corrected chi connectivity index (χ3v) is 11.5. The van der Waals surface area contributed by atoms with Crippen molar-refractivity contribution in [3.63, 3.8) is 0 Å². The van der Waals surface area contributed by atoms with Gasteiger partial charge in [-0.2, -0.15) is 5.10 Å². The lowest BCUT2D eigenvalue weighted by molar-refractivity contribution is -0.136. The van der Waals surface area contributed by atoms with E-state index < -0.39 is 29.7 Å². The number of para-hydroxylation sites is 1. The van der Waals surface area contributed by atoms with Gasteiger partial charge in [-0.05, 0) is 87.5 Å². The van der Waals surface area contributed by atoms with E-state index >= 15 is 0 Å². The molecule has 18 nitrogen and oxygen atoms in total. The maximum Gasteiger partial charge on any atom is 0.273 e. The monoisotopic (exact) mass is 790 g/mol. The lowest BCUT2D eigenvalue weighted by Gasteiger charge is -2.47. The van der Waals surface area contributed by atoms with E-state index in [1.807, 2.05) is 24.3 Å². The molecule has 0 radical (unpaired) electrons. The normalized spacial score (nSPS) is 18.8. The molecule has 4 aliphatic heterocycles. The van der Waals surface area contributed by atoms with Crippen LogP contribution in [0.15, 0.2) is 48.8 Å². The van der Waals surface area contributed by atoms with Crippen molar-refractivity contribution in [2.45, 2.75) is 38.1 Å². The number of aryl methyl sites for hydroxylation is 1. The summed E-state index contributed by atoms with van der Waals surface area (Å²) in [6, 6.07) is 11.7. The minimum atomic E-state index is -0.972. The number of hydrogen-bond donors (Lipinski definition) is 4. The zero-order valence-electron chi connectivity index (χ0n) is 32.7. The number of benzene rings is 2. The molecule has 0 aliphatic carbocycles. The first-order valence-electron chi connectivity index (χ1n) is 19.6. The molecule has 58 heavy (non-hydrogen) atoms. The van der Waals surface area contributed by atoms with Crippen LogP contribution < -0.4 is 30.9 Å². The second-order valence-electron chi connectivity index (χ2n) is 15.1. The van der Waals surface area contributed by atoms with E-state index in [-0.39, 0.29) is 24.4 Å². The maximum atomic E-state index is 13.3. The molecule has 1 unspecified atom stereocenters. The number of anilines is 4. The largest absolute Gasteiger partial charge is 0.494 e. The maximum absolute atomic E-state index is 13.3. The highest BCUT2D eigenvalue weighted by atomic mass is 16.5. The van der Waals surface area contributed by atoms with Crippen molar-refractivity contribution in [2.24, 2.45) is 18.9 Å². The first-order valence-corrected chi connectivity index (χ1v) is 19.6. The molecule has 4 N–H and O–H groups in total. The van der Waals surface area contributed by atoms with Crippen molar-refractivity contribution in [1.82, 2.24) is 45.4 Å². The lowest BCUT2D eigenvalue weighted by atomic mass is 9.79. The Morgan fingerprint density at radius 2 is 1.72 bits per heavy atom. The Morgan fingerprint density at radius 3 is 2.45 bits per heavy atom. The zero-order valence-corrected chi connectivity index (χ0v) is 32.7. The van der Waals surface area contributed by atoms with Crippen LogP contribution in [-0.2, 0) is 16.6 Å². The Bertz CT molecular complexity index is 2260. The smallest absolute Gasteiger partial charge is 0.273 e. The number of nitrogens with one attached hydrogen (secondary N) is 4. The van der Waals surface area contributed by atoms with Gasteiger partial charge >= 0.3 is 0 Å². The molecule has 4 aliphatic rings. The summed E-state index contributed by atoms with van der Waals surface area (Å²) in [6.07, 6.45) is 4.98. The average Bonchev–Trinajstić information content (AvgIpc) is 3.75. The average molecular weight is 791 g/mol. The van der Waals surface area contributed by atoms with E-state index in [1.165, 1.54) is 0 Å². The fourth-order valence-electron chi connectivity index (χ4n) is 8.34. The predicted octanol–water partition coefficient (Wildman–Crippen LogP) is 2.44. The molecular formula is C40H46N12O6. The van der Waals surface area contributed by atoms with Gasteiger partial charge in [-0.25, -0.2) is 4.98 Å². The summed E-state index contributed by atoms with van der Waals surface area (Å²) in [6.45, 7) is 5.45. The van der Waals surface area contributed by atoms with Crippen molar-refractivity contribution in [1.29, 1.82) is 0 Å². The van der Waals surface area contributed by atoms with E-state index in [9.17, 15) is 24.0 Å². The minimum absolute atomic E-state index is 0.0909. The molecule has 0 bridgehead atoms. The van der Waals surface area contributed by atoms with Gasteiger partial charge in [-0.15, -0.1) is 10.2 Å². The first-order chi connectivity index (χ1) is 28.1. The molecule has 4 aromatic rings. The summed E-state index contributed by atoms with van der Waals surface area (Å²) in [5.41, 5.74) is 3.43. The number of aromatic nitrogens is 5. The summed E-state index contributed by atoms with van der Waals surface area (Å²) < 4.78 is 7.37. The summed E-state index contributed by atoms with van der Waals surface area (Å²) in [5.74, 6) is 0.400. The highest BCUT2D eigenvalue weighted by Crippen LogP contribution is 2.39. The van der Waals surface area contributed by atoms with Gasteiger partial charge in [0.1, 0.15) is 12.4 Å². The SMILES string of the molecule is CNC(=O)c1nnc(NCCCN2CCC(C3CN(c4ccc5c(c4)C(=O)N(C4CCC(=O)NC4=O)C5=O)C3)CC2)cc1Nc1cccc(-c2ncn(C)n2)c1OC. The number of rotatable bonds is 13. The number of carbonyl (C=O) groups excluding carboxylic acids is 5. The van der Waals surface area contributed by atoms with Crippen molar-refractivity contribution >= 4 is 52.4 Å². The van der Waals surface area contributed by atoms with Gasteiger partial charge in [-0.3, -0.25) is 38.9 Å². The topological polar surface area (TPSA) is 209 Å². The molecule has 1 atom stereocenters. The fourth-order valence-corrected chi connectivity index (χ4v) is 8.34. The second-order valence-corrected chi connectivity index (χ2v) is 15.1. The Kier molecular flexibility index (Phi) is 10.7. The quantitative estimate of drug-likeness (QED) is 0.113. The fraction of sp³-hybridized carbons (Fsp3) is 0.425. The van der Waals surface area contributed by atoms with Crippen LogP contribution in [0.4, 0.5) is 22.9 Å². The van der Waals surface area contributed by atoms with Gasteiger partial charge in [0, 0.05) is 51.9 Å². The van der Waals surface area contributed by atoms with Crippen LogP contribution in [0.1, 0.15) is 63.3 Å². The zero-order chi connectivity index (χ0) is 40.5. The van der Waals surface area contributed by atoms with Gasteiger partial charge in [0.25, 0.3) is 17.7 Å². The third kappa shape index (κ3) is 7.54. The Labute approximate surface area is 334 Å². The minimum Gasteiger partial charge on any atom is -0.494 e. The number of nitrogens with zero attached hydrogens (tertiary/aromatic N) is 8. The highest BCUT2D eigenvalue weighted by Gasteiger charge is 2.45. The lowest BCUT2D eigenvalue weighted by Crippen LogP contribution is -2.54. The Balaban J connectivity index is 0.805. The van der Waals surface area contributed by atoms with Crippen LogP contribution in [0, 0.1) is 11.8 Å². The predicted molar refractivity (Wildman–Crippen MR) is 213 cm³/mol. The number of carbonyl (C=O) groups is 5. The molecule has 2 aromatic carbocycles. The van der Waals surface area contributed by atoms with Gasteiger partial charge in [0.15, 0.2) is 23.1 Å². The van der Waals surface area contributed by atoms with Crippen molar-refractivity contribution < 1.29 is 28.7 Å². The van der Waals surface area contributed by atoms with Crippen molar-refractivity contribution in [3.8, 4) is 17.1 Å². The Hall–Kier alpha value is -6.43. The van der Waals surface area contributed by atoms with Crippen LogP contribution >= 0.6 is 0 Å². The van der Waals surface area contributed by atoms with Crippen LogP contribution in [-0.4, -0.2) is 124 Å². The highest BCUT2D eigenvalue weighted by molar-refractivity contribution is 6.23. The summed E-state index contributed by atoms with van der Waals surface area (Å²) >= 11 is 0. The Morgan fingerprint density at radius 1 is 0.931 bits per heavy atom. The molecule has 5 amide bonds. The third-order valence-electron chi connectivity index (χ3n) is 11.5. The van der Waals surface area contributed by atoms with Gasteiger partial charge in [0.2, 0.25) is 11.8 Å². The molecule has 3 saturated heterocycles. The molecule has 18 heteroatoms. The summed E-state index contributed by atoms with van der Waals surface area (Å²) in [7, 11) is 4.91. The number of piperidine rings is 2. The van der Waals surface area contributed by atoms with Crippen LogP contribution in [0.5, 0.6) is 5.75 Å². The van der Waals surface area contributed by atoms with Gasteiger partial charge in [0.05, 0.1) is 35.2 Å². The molecule has 3 fully saturated rings. The molecule has 8 rings (SSSR count). The van der Waals surface area contributed by atoms with E-state index in [2.05, 4.69) is 51.3 Å². The van der Waals surface area contributed by atoms with Gasteiger partial charge < -0.3 is 30.5 Å². The number of fused-ring (bicyclic) bond motifs is 1. The number of imide groups is 2. The summed E-state index contributed by atoms with van der Waals surface area (Å²) in [5, 5.41) is 24.5. The number of methoxy groups -OCH3 is 1. The molecule has 302 valence electrons. The number of amides is 5. The van der Waals surface area contributed by atoms with E-state index in [0.29, 0.717) is 63.8 Å². The van der Waals surface area contributed by atoms with Gasteiger partial charge in [-0.1, -0.05) is 6.07 Å². The molecule has 6 heterocycles. The van der Waals surface area contributed by atoms with Crippen LogP contribution in [0.2, 0.25) is 0 Å². The second kappa shape index (κ2) is 16.2. The van der Waals surface area contributed by atoms with Crippen LogP contribution in [0.3, 0.4) is 0 Å². The standard InChI is InChI=1S/C40H46N12O6/c1-41-38(55)34-30(44-29-7-4-6-27(35(29)58-3)36-43-22-49(2)48-36)19-32(46-47-34)42-14-5-15-50-16-12-23(13-17-50)24-20-51(21-24)25-8-9-26-28(18-25)40(57)52(39(26)56)31-10-11-33(53)45-37(31)54/h4,6-9,18-19,22-24,31H,5,10-17,20-21H2,1-3H3,(H,41,55)(H2,42,44,46)(H,45,53,54). The van der Waals surface area contributed by atoms with Crippen LogP contribution in [0.25, 0.3) is 11.4 Å². The van der Waals surface area contributed by atoms with E-state index in [0.717, 1.165) is 62.6 Å².